The third-order valence-corrected chi connectivity index (χ3v) is 2.56. The summed E-state index contributed by atoms with van der Waals surface area (Å²) >= 11 is 3.42. The van der Waals surface area contributed by atoms with Crippen LogP contribution in [0, 0.1) is 12.3 Å². The van der Waals surface area contributed by atoms with Crippen molar-refractivity contribution in [2.75, 3.05) is 6.61 Å². The number of hydrogen-bond acceptors (Lipinski definition) is 1. The number of rotatable bonds is 2. The molecule has 1 rings (SSSR count). The minimum absolute atomic E-state index is 0.0602. The van der Waals surface area contributed by atoms with E-state index in [-0.39, 0.29) is 5.41 Å². The van der Waals surface area contributed by atoms with Crippen molar-refractivity contribution in [2.45, 2.75) is 26.2 Å². The first-order chi connectivity index (χ1) is 6.95. The predicted octanol–water partition coefficient (Wildman–Crippen LogP) is 3.76. The monoisotopic (exact) mass is 266 g/mol. The molecule has 2 heteroatoms. The molecule has 80 valence electrons. The molecule has 0 bridgehead atoms. The molecule has 0 aliphatic carbocycles. The molecule has 0 fully saturated rings. The average Bonchev–Trinajstić information content (AvgIpc) is 2.12. The zero-order chi connectivity index (χ0) is 11.5. The molecule has 1 aromatic carbocycles. The highest BCUT2D eigenvalue weighted by Crippen LogP contribution is 2.33. The number of benzene rings is 1. The SMILES string of the molecule is C#CCOc1cc(Br)ccc1C(C)(C)C. The maximum atomic E-state index is 5.53. The van der Waals surface area contributed by atoms with Gasteiger partial charge in [0, 0.05) is 4.47 Å². The van der Waals surface area contributed by atoms with Gasteiger partial charge in [-0.05, 0) is 23.1 Å². The highest BCUT2D eigenvalue weighted by Gasteiger charge is 2.18. The summed E-state index contributed by atoms with van der Waals surface area (Å²) in [5.74, 6) is 3.33. The standard InChI is InChI=1S/C13H15BrO/c1-5-8-15-12-9-10(14)6-7-11(12)13(2,3)4/h1,6-7,9H,8H2,2-4H3. The molecule has 0 saturated carbocycles. The highest BCUT2D eigenvalue weighted by atomic mass is 79.9. The van der Waals surface area contributed by atoms with Crippen molar-refractivity contribution in [2.24, 2.45) is 0 Å². The van der Waals surface area contributed by atoms with Crippen molar-refractivity contribution in [1.82, 2.24) is 0 Å². The van der Waals surface area contributed by atoms with Crippen LogP contribution in [0.3, 0.4) is 0 Å². The van der Waals surface area contributed by atoms with Crippen LogP contribution in [-0.2, 0) is 5.41 Å². The summed E-state index contributed by atoms with van der Waals surface area (Å²) in [4.78, 5) is 0. The van der Waals surface area contributed by atoms with Crippen molar-refractivity contribution < 1.29 is 4.74 Å². The molecule has 0 saturated heterocycles. The molecular weight excluding hydrogens is 252 g/mol. The van der Waals surface area contributed by atoms with E-state index >= 15 is 0 Å². The predicted molar refractivity (Wildman–Crippen MR) is 67.2 cm³/mol. The largest absolute Gasteiger partial charge is 0.481 e. The van der Waals surface area contributed by atoms with Crippen LogP contribution >= 0.6 is 15.9 Å². The first kappa shape index (κ1) is 12.1. The fourth-order valence-electron chi connectivity index (χ4n) is 1.35. The molecule has 0 unspecified atom stereocenters. The Morgan fingerprint density at radius 2 is 2.07 bits per heavy atom. The zero-order valence-corrected chi connectivity index (χ0v) is 10.9. The minimum Gasteiger partial charge on any atom is -0.481 e. The molecular formula is C13H15BrO. The summed E-state index contributed by atoms with van der Waals surface area (Å²) in [6.45, 7) is 6.76. The Hall–Kier alpha value is -0.940. The maximum absolute atomic E-state index is 5.53. The molecule has 0 amide bonds. The van der Waals surface area contributed by atoms with Gasteiger partial charge in [-0.3, -0.25) is 0 Å². The Bertz CT molecular complexity index is 383. The average molecular weight is 267 g/mol. The zero-order valence-electron chi connectivity index (χ0n) is 9.30. The van der Waals surface area contributed by atoms with Gasteiger partial charge in [-0.15, -0.1) is 6.42 Å². The third kappa shape index (κ3) is 3.28. The van der Waals surface area contributed by atoms with Crippen molar-refractivity contribution in [1.29, 1.82) is 0 Å². The number of ether oxygens (including phenoxy) is 1. The quantitative estimate of drug-likeness (QED) is 0.741. The number of halogens is 1. The van der Waals surface area contributed by atoms with E-state index in [4.69, 9.17) is 11.2 Å². The summed E-state index contributed by atoms with van der Waals surface area (Å²) in [5.41, 5.74) is 1.23. The molecule has 0 spiro atoms. The molecule has 0 heterocycles. The van der Waals surface area contributed by atoms with Gasteiger partial charge in [-0.25, -0.2) is 0 Å². The van der Waals surface area contributed by atoms with Crippen LogP contribution in [0.5, 0.6) is 5.75 Å². The molecule has 0 N–H and O–H groups in total. The van der Waals surface area contributed by atoms with Gasteiger partial charge < -0.3 is 4.74 Å². The number of hydrogen-bond donors (Lipinski definition) is 0. The number of terminal acetylenes is 1. The van der Waals surface area contributed by atoms with Crippen LogP contribution in [0.25, 0.3) is 0 Å². The summed E-state index contributed by atoms with van der Waals surface area (Å²) in [6, 6.07) is 6.04. The molecule has 0 aliphatic heterocycles. The lowest BCUT2D eigenvalue weighted by molar-refractivity contribution is 0.357. The van der Waals surface area contributed by atoms with Crippen LogP contribution in [0.2, 0.25) is 0 Å². The van der Waals surface area contributed by atoms with E-state index in [1.165, 1.54) is 5.56 Å². The van der Waals surface area contributed by atoms with E-state index < -0.39 is 0 Å². The molecule has 0 radical (unpaired) electrons. The summed E-state index contributed by atoms with van der Waals surface area (Å²) in [6.07, 6.45) is 5.19. The summed E-state index contributed by atoms with van der Waals surface area (Å²) in [7, 11) is 0. The van der Waals surface area contributed by atoms with Crippen molar-refractivity contribution in [3.8, 4) is 18.1 Å². The van der Waals surface area contributed by atoms with E-state index in [1.54, 1.807) is 0 Å². The molecule has 1 aromatic rings. The first-order valence-electron chi connectivity index (χ1n) is 4.81. The minimum atomic E-state index is 0.0602. The summed E-state index contributed by atoms with van der Waals surface area (Å²) in [5, 5.41) is 0. The Labute approximate surface area is 100.0 Å². The van der Waals surface area contributed by atoms with Gasteiger partial charge in [0.1, 0.15) is 12.4 Å². The Balaban J connectivity index is 3.10. The van der Waals surface area contributed by atoms with Gasteiger partial charge in [0.2, 0.25) is 0 Å². The van der Waals surface area contributed by atoms with E-state index in [0.29, 0.717) is 6.61 Å². The van der Waals surface area contributed by atoms with Crippen LogP contribution in [0.15, 0.2) is 22.7 Å². The van der Waals surface area contributed by atoms with Gasteiger partial charge in [-0.1, -0.05) is 48.7 Å². The molecule has 0 aliphatic rings. The summed E-state index contributed by atoms with van der Waals surface area (Å²) < 4.78 is 6.53. The molecule has 15 heavy (non-hydrogen) atoms. The highest BCUT2D eigenvalue weighted by molar-refractivity contribution is 9.10. The van der Waals surface area contributed by atoms with Crippen molar-refractivity contribution in [3.63, 3.8) is 0 Å². The van der Waals surface area contributed by atoms with Crippen LogP contribution < -0.4 is 4.74 Å². The lowest BCUT2D eigenvalue weighted by atomic mass is 9.86. The second-order valence-electron chi connectivity index (χ2n) is 4.38. The second-order valence-corrected chi connectivity index (χ2v) is 5.30. The fourth-order valence-corrected chi connectivity index (χ4v) is 1.69. The third-order valence-electron chi connectivity index (χ3n) is 2.06. The van der Waals surface area contributed by atoms with Gasteiger partial charge >= 0.3 is 0 Å². The van der Waals surface area contributed by atoms with Gasteiger partial charge in [0.25, 0.3) is 0 Å². The van der Waals surface area contributed by atoms with E-state index in [1.807, 2.05) is 12.1 Å². The molecule has 0 aromatic heterocycles. The first-order valence-corrected chi connectivity index (χ1v) is 5.61. The molecule has 1 nitrogen and oxygen atoms in total. The Morgan fingerprint density at radius 1 is 1.40 bits per heavy atom. The lowest BCUT2D eigenvalue weighted by Gasteiger charge is -2.22. The van der Waals surface area contributed by atoms with Gasteiger partial charge in [0.05, 0.1) is 0 Å². The van der Waals surface area contributed by atoms with Gasteiger partial charge in [-0.2, -0.15) is 0 Å². The van der Waals surface area contributed by atoms with Crippen LogP contribution in [0.4, 0.5) is 0 Å². The van der Waals surface area contributed by atoms with Crippen LogP contribution in [0.1, 0.15) is 26.3 Å². The second kappa shape index (κ2) is 4.72. The topological polar surface area (TPSA) is 9.23 Å². The Morgan fingerprint density at radius 3 is 2.60 bits per heavy atom. The fraction of sp³-hybridized carbons (Fsp3) is 0.385. The molecule has 0 atom stereocenters. The van der Waals surface area contributed by atoms with E-state index in [0.717, 1.165) is 10.2 Å². The van der Waals surface area contributed by atoms with Crippen LogP contribution in [-0.4, -0.2) is 6.61 Å². The van der Waals surface area contributed by atoms with Crippen molar-refractivity contribution >= 4 is 15.9 Å². The van der Waals surface area contributed by atoms with Crippen molar-refractivity contribution in [3.05, 3.63) is 28.2 Å². The lowest BCUT2D eigenvalue weighted by Crippen LogP contribution is -2.13. The smallest absolute Gasteiger partial charge is 0.148 e. The van der Waals surface area contributed by atoms with Gasteiger partial charge in [0.15, 0.2) is 0 Å². The van der Waals surface area contributed by atoms with E-state index in [2.05, 4.69) is 48.7 Å². The maximum Gasteiger partial charge on any atom is 0.148 e. The Kier molecular flexibility index (Phi) is 3.82. The van der Waals surface area contributed by atoms with E-state index in [9.17, 15) is 0 Å². The normalized spacial score (nSPS) is 10.9.